The number of aromatic nitrogens is 4. The Labute approximate surface area is 300 Å². The van der Waals surface area contributed by atoms with Crippen molar-refractivity contribution in [3.63, 3.8) is 0 Å². The molecule has 1 aliphatic rings. The van der Waals surface area contributed by atoms with Crippen molar-refractivity contribution in [3.8, 4) is 33.6 Å². The minimum absolute atomic E-state index is 0.152. The van der Waals surface area contributed by atoms with Gasteiger partial charge in [0.1, 0.15) is 30.8 Å². The van der Waals surface area contributed by atoms with Crippen LogP contribution in [0, 0.1) is 0 Å². The Morgan fingerprint density at radius 2 is 1.37 bits per heavy atom. The van der Waals surface area contributed by atoms with E-state index in [0.717, 1.165) is 51.2 Å². The van der Waals surface area contributed by atoms with Crippen molar-refractivity contribution in [1.82, 2.24) is 40.4 Å². The largest absolute Gasteiger partial charge is 0.453 e. The number of rotatable bonds is 12. The van der Waals surface area contributed by atoms with Crippen molar-refractivity contribution >= 4 is 24.0 Å². The molecular formula is C38H40N8O6. The monoisotopic (exact) mass is 704 g/mol. The van der Waals surface area contributed by atoms with Crippen LogP contribution in [0.25, 0.3) is 33.6 Å². The predicted molar refractivity (Wildman–Crippen MR) is 192 cm³/mol. The number of nitrogens with one attached hydrogen (secondary N) is 4. The summed E-state index contributed by atoms with van der Waals surface area (Å²) in [6.07, 6.45) is 2.96. The molecule has 14 heteroatoms. The van der Waals surface area contributed by atoms with E-state index in [4.69, 9.17) is 0 Å². The number of hydrogen-bond acceptors (Lipinski definition) is 8. The minimum atomic E-state index is -0.664. The van der Waals surface area contributed by atoms with E-state index in [1.54, 1.807) is 22.2 Å². The fourth-order valence-corrected chi connectivity index (χ4v) is 6.21. The number of imidazole rings is 2. The standard InChI is InChI=1S/C38H40N8O6/c1-4-17-45(33(47)20-41-37(49)51-2)23-32-39-18-30(43-32)26-13-9-24(10-14-26)25-11-15-27(16-12-25)31-19-40-36(44-31)35-29-8-6-5-7-28(29)22-46(35)34(48)21-42-38(50)52-3/h5-16,18-19,35H,4,17,20-23H2,1-3H3,(H,39,43)(H,40,44)(H,41,49)(H,42,50). The van der Waals surface area contributed by atoms with Gasteiger partial charge in [0.15, 0.2) is 0 Å². The number of methoxy groups -OCH3 is 2. The van der Waals surface area contributed by atoms with Crippen LogP contribution in [0.15, 0.2) is 85.2 Å². The highest BCUT2D eigenvalue weighted by atomic mass is 16.5. The molecule has 0 fully saturated rings. The number of benzene rings is 3. The summed E-state index contributed by atoms with van der Waals surface area (Å²) < 4.78 is 9.18. The number of fused-ring (bicyclic) bond motifs is 1. The molecule has 4 N–H and O–H groups in total. The van der Waals surface area contributed by atoms with Gasteiger partial charge in [-0.3, -0.25) is 9.59 Å². The van der Waals surface area contributed by atoms with E-state index in [2.05, 4.69) is 40.0 Å². The molecule has 1 aliphatic heterocycles. The van der Waals surface area contributed by atoms with Crippen LogP contribution in [0.1, 0.15) is 42.2 Å². The Morgan fingerprint density at radius 1 is 0.788 bits per heavy atom. The van der Waals surface area contributed by atoms with Crippen molar-refractivity contribution in [2.24, 2.45) is 0 Å². The van der Waals surface area contributed by atoms with Gasteiger partial charge in [0.2, 0.25) is 11.8 Å². The lowest BCUT2D eigenvalue weighted by molar-refractivity contribution is -0.132. The third-order valence-electron chi connectivity index (χ3n) is 8.86. The van der Waals surface area contributed by atoms with Crippen LogP contribution in [-0.4, -0.2) is 87.6 Å². The second kappa shape index (κ2) is 16.1. The molecule has 1 atom stereocenters. The van der Waals surface area contributed by atoms with Gasteiger partial charge < -0.3 is 39.9 Å². The molecule has 0 aliphatic carbocycles. The van der Waals surface area contributed by atoms with Gasteiger partial charge in [0.05, 0.1) is 44.5 Å². The zero-order valence-electron chi connectivity index (χ0n) is 29.1. The molecule has 52 heavy (non-hydrogen) atoms. The lowest BCUT2D eigenvalue weighted by atomic mass is 10.0. The van der Waals surface area contributed by atoms with Gasteiger partial charge in [-0.2, -0.15) is 0 Å². The second-order valence-electron chi connectivity index (χ2n) is 12.2. The predicted octanol–water partition coefficient (Wildman–Crippen LogP) is 5.02. The highest BCUT2D eigenvalue weighted by Crippen LogP contribution is 2.38. The van der Waals surface area contributed by atoms with Gasteiger partial charge in [-0.15, -0.1) is 0 Å². The molecule has 6 rings (SSSR count). The normalized spacial score (nSPS) is 13.3. The van der Waals surface area contributed by atoms with E-state index >= 15 is 0 Å². The summed E-state index contributed by atoms with van der Waals surface area (Å²) in [4.78, 5) is 68.1. The van der Waals surface area contributed by atoms with Gasteiger partial charge in [0.25, 0.3) is 0 Å². The fourth-order valence-electron chi connectivity index (χ4n) is 6.21. The number of aromatic amines is 2. The molecule has 1 unspecified atom stereocenters. The topological polar surface area (TPSA) is 175 Å². The number of H-pyrrole nitrogens is 2. The van der Waals surface area contributed by atoms with Gasteiger partial charge in [-0.1, -0.05) is 79.7 Å². The van der Waals surface area contributed by atoms with Crippen LogP contribution < -0.4 is 10.6 Å². The zero-order chi connectivity index (χ0) is 36.6. The highest BCUT2D eigenvalue weighted by molar-refractivity contribution is 5.84. The van der Waals surface area contributed by atoms with Crippen LogP contribution in [0.4, 0.5) is 9.59 Å². The van der Waals surface area contributed by atoms with E-state index in [1.165, 1.54) is 14.2 Å². The van der Waals surface area contributed by atoms with Crippen molar-refractivity contribution in [2.75, 3.05) is 33.9 Å². The fraction of sp³-hybridized carbons (Fsp3) is 0.263. The van der Waals surface area contributed by atoms with E-state index in [0.29, 0.717) is 24.7 Å². The summed E-state index contributed by atoms with van der Waals surface area (Å²) in [7, 11) is 2.51. The number of ether oxygens (including phenoxy) is 2. The molecule has 0 saturated carbocycles. The smallest absolute Gasteiger partial charge is 0.407 e. The molecule has 14 nitrogen and oxygen atoms in total. The van der Waals surface area contributed by atoms with Crippen molar-refractivity contribution < 1.29 is 28.7 Å². The molecule has 268 valence electrons. The van der Waals surface area contributed by atoms with Gasteiger partial charge in [0, 0.05) is 13.1 Å². The van der Waals surface area contributed by atoms with Crippen LogP contribution in [0.3, 0.4) is 0 Å². The molecular weight excluding hydrogens is 664 g/mol. The zero-order valence-corrected chi connectivity index (χ0v) is 29.1. The highest BCUT2D eigenvalue weighted by Gasteiger charge is 2.36. The summed E-state index contributed by atoms with van der Waals surface area (Å²) in [6, 6.07) is 23.7. The molecule has 4 amide bonds. The SMILES string of the molecule is CCCN(Cc1ncc(-c2ccc(-c3ccc(-c4cnc(C5c6ccccc6CN5C(=O)CNC(=O)OC)[nH]4)cc3)cc2)[nH]1)C(=O)CNC(=O)OC. The van der Waals surface area contributed by atoms with Crippen LogP contribution in [0.2, 0.25) is 0 Å². The molecule has 5 aromatic rings. The van der Waals surface area contributed by atoms with Crippen LogP contribution >= 0.6 is 0 Å². The van der Waals surface area contributed by atoms with Gasteiger partial charge in [-0.05, 0) is 39.8 Å². The van der Waals surface area contributed by atoms with Crippen LogP contribution in [0.5, 0.6) is 0 Å². The lowest BCUT2D eigenvalue weighted by Gasteiger charge is -2.24. The van der Waals surface area contributed by atoms with E-state index in [-0.39, 0.29) is 31.4 Å². The van der Waals surface area contributed by atoms with Gasteiger partial charge in [-0.25, -0.2) is 19.6 Å². The third kappa shape index (κ3) is 7.96. The number of hydrogen-bond donors (Lipinski definition) is 4. The first-order chi connectivity index (χ1) is 25.3. The molecule has 3 heterocycles. The number of nitrogens with zero attached hydrogens (tertiary/aromatic N) is 4. The number of alkyl carbamates (subject to hydrolysis) is 2. The van der Waals surface area contributed by atoms with E-state index in [9.17, 15) is 19.2 Å². The molecule has 3 aromatic carbocycles. The average molecular weight is 705 g/mol. The Hall–Kier alpha value is -6.44. The maximum atomic E-state index is 13.2. The second-order valence-corrected chi connectivity index (χ2v) is 12.2. The Morgan fingerprint density at radius 3 is 2.00 bits per heavy atom. The van der Waals surface area contributed by atoms with Crippen molar-refractivity contribution in [3.05, 3.63) is 108 Å². The lowest BCUT2D eigenvalue weighted by Crippen LogP contribution is -2.40. The molecule has 0 bridgehead atoms. The Kier molecular flexibility index (Phi) is 10.9. The molecule has 0 saturated heterocycles. The quantitative estimate of drug-likeness (QED) is 0.140. The first kappa shape index (κ1) is 35.4. The molecule has 0 radical (unpaired) electrons. The molecule has 2 aromatic heterocycles. The minimum Gasteiger partial charge on any atom is -0.453 e. The van der Waals surface area contributed by atoms with Crippen molar-refractivity contribution in [2.45, 2.75) is 32.5 Å². The Bertz CT molecular complexity index is 2040. The number of carbonyl (C=O) groups excluding carboxylic acids is 4. The first-order valence-corrected chi connectivity index (χ1v) is 16.9. The summed E-state index contributed by atoms with van der Waals surface area (Å²) in [5.41, 5.74) is 7.62. The van der Waals surface area contributed by atoms with Gasteiger partial charge >= 0.3 is 12.2 Å². The maximum absolute atomic E-state index is 13.2. The summed E-state index contributed by atoms with van der Waals surface area (Å²) >= 11 is 0. The number of amides is 4. The van der Waals surface area contributed by atoms with E-state index in [1.807, 2.05) is 79.7 Å². The number of carbonyl (C=O) groups is 4. The van der Waals surface area contributed by atoms with E-state index < -0.39 is 18.2 Å². The van der Waals surface area contributed by atoms with Crippen LogP contribution in [-0.2, 0) is 32.2 Å². The first-order valence-electron chi connectivity index (χ1n) is 16.9. The maximum Gasteiger partial charge on any atom is 0.407 e. The Balaban J connectivity index is 1.12. The average Bonchev–Trinajstić information content (AvgIpc) is 3.95. The summed E-state index contributed by atoms with van der Waals surface area (Å²) in [5.74, 6) is 0.805. The summed E-state index contributed by atoms with van der Waals surface area (Å²) in [6.45, 7) is 2.87. The van der Waals surface area contributed by atoms with Crippen molar-refractivity contribution in [1.29, 1.82) is 0 Å². The molecule has 0 spiro atoms. The third-order valence-corrected chi connectivity index (χ3v) is 8.86. The summed E-state index contributed by atoms with van der Waals surface area (Å²) in [5, 5.41) is 4.91.